The van der Waals surface area contributed by atoms with E-state index >= 15 is 0 Å². The molecule has 1 aliphatic carbocycles. The monoisotopic (exact) mass is 276 g/mol. The third-order valence-corrected chi connectivity index (χ3v) is 3.88. The first-order valence-electron chi connectivity index (χ1n) is 8.74. The van der Waals surface area contributed by atoms with Gasteiger partial charge in [-0.25, -0.2) is 0 Å². The summed E-state index contributed by atoms with van der Waals surface area (Å²) in [6, 6.07) is 8.36. The van der Waals surface area contributed by atoms with Crippen LogP contribution in [-0.4, -0.2) is 0 Å². The lowest BCUT2D eigenvalue weighted by molar-refractivity contribution is 0.504. The molecule has 116 valence electrons. The van der Waals surface area contributed by atoms with Gasteiger partial charge in [-0.3, -0.25) is 0 Å². The molecule has 0 heteroatoms. The second-order valence-corrected chi connectivity index (χ2v) is 5.91. The van der Waals surface area contributed by atoms with E-state index in [0.29, 0.717) is 0 Å². The molecule has 1 fully saturated rings. The number of benzene rings is 1. The Labute approximate surface area is 128 Å². The summed E-state index contributed by atoms with van der Waals surface area (Å²) in [5.41, 5.74) is 2.74. The van der Waals surface area contributed by atoms with Gasteiger partial charge < -0.3 is 0 Å². The molecule has 20 heavy (non-hydrogen) atoms. The first-order valence-corrected chi connectivity index (χ1v) is 8.74. The van der Waals surface area contributed by atoms with Crippen molar-refractivity contribution in [3.8, 4) is 0 Å². The fraction of sp³-hybridized carbons (Fsp3) is 0.700. The largest absolute Gasteiger partial charge is 0.0654 e. The van der Waals surface area contributed by atoms with Crippen molar-refractivity contribution in [2.45, 2.75) is 91.9 Å². The number of hydrogen-bond acceptors (Lipinski definition) is 0. The van der Waals surface area contributed by atoms with Crippen LogP contribution in [-0.2, 0) is 0 Å². The summed E-state index contributed by atoms with van der Waals surface area (Å²) in [4.78, 5) is 0. The van der Waals surface area contributed by atoms with E-state index in [1.807, 2.05) is 0 Å². The molecule has 0 atom stereocenters. The Balaban J connectivity index is 0.000000276. The molecular formula is C20H36. The van der Waals surface area contributed by atoms with Gasteiger partial charge in [0.15, 0.2) is 0 Å². The lowest BCUT2D eigenvalue weighted by Gasteiger charge is -2.05. The van der Waals surface area contributed by atoms with Gasteiger partial charge in [0.25, 0.3) is 0 Å². The zero-order valence-electron chi connectivity index (χ0n) is 14.4. The van der Waals surface area contributed by atoms with Gasteiger partial charge in [-0.15, -0.1) is 0 Å². The van der Waals surface area contributed by atoms with Gasteiger partial charge in [-0.1, -0.05) is 102 Å². The van der Waals surface area contributed by atoms with Crippen LogP contribution in [0.25, 0.3) is 0 Å². The molecule has 0 nitrogen and oxygen atoms in total. The van der Waals surface area contributed by atoms with E-state index in [2.05, 4.69) is 52.0 Å². The number of rotatable bonds is 3. The van der Waals surface area contributed by atoms with E-state index in [1.54, 1.807) is 0 Å². The van der Waals surface area contributed by atoms with Crippen LogP contribution >= 0.6 is 0 Å². The highest BCUT2D eigenvalue weighted by atomic mass is 14.0. The minimum atomic E-state index is 1.36. The highest BCUT2D eigenvalue weighted by Gasteiger charge is 1.95. The van der Waals surface area contributed by atoms with Crippen molar-refractivity contribution >= 4 is 0 Å². The van der Waals surface area contributed by atoms with Gasteiger partial charge in [0.2, 0.25) is 0 Å². The fourth-order valence-electron chi connectivity index (χ4n) is 2.22. The number of unbranched alkanes of at least 4 members (excludes halogenated alkanes) is 3. The quantitative estimate of drug-likeness (QED) is 0.511. The van der Waals surface area contributed by atoms with Crippen molar-refractivity contribution in [2.24, 2.45) is 0 Å². The first-order chi connectivity index (χ1) is 9.72. The van der Waals surface area contributed by atoms with Gasteiger partial charge in [-0.2, -0.15) is 0 Å². The Morgan fingerprint density at radius 3 is 1.15 bits per heavy atom. The molecule has 0 aromatic heterocycles. The average molecular weight is 277 g/mol. The van der Waals surface area contributed by atoms with E-state index in [9.17, 15) is 0 Å². The predicted molar refractivity (Wildman–Crippen MR) is 93.4 cm³/mol. The van der Waals surface area contributed by atoms with Crippen LogP contribution in [0.15, 0.2) is 24.3 Å². The van der Waals surface area contributed by atoms with Crippen LogP contribution < -0.4 is 0 Å². The Bertz CT molecular complexity index is 260. The third kappa shape index (κ3) is 12.3. The summed E-state index contributed by atoms with van der Waals surface area (Å²) in [6.45, 7) is 8.70. The average Bonchev–Trinajstić information content (AvgIpc) is 2.51. The maximum atomic E-state index is 2.23. The summed E-state index contributed by atoms with van der Waals surface area (Å²) < 4.78 is 0. The molecule has 0 saturated heterocycles. The Morgan fingerprint density at radius 2 is 0.950 bits per heavy atom. The third-order valence-electron chi connectivity index (χ3n) is 3.88. The molecule has 0 bridgehead atoms. The Hall–Kier alpha value is -0.780. The number of hydrogen-bond donors (Lipinski definition) is 0. The van der Waals surface area contributed by atoms with E-state index in [1.165, 1.54) is 75.3 Å². The summed E-state index contributed by atoms with van der Waals surface area (Å²) in [7, 11) is 0. The second kappa shape index (κ2) is 14.6. The highest BCUT2D eigenvalue weighted by Crippen LogP contribution is 2.15. The highest BCUT2D eigenvalue weighted by molar-refractivity contribution is 5.23. The minimum Gasteiger partial charge on any atom is -0.0654 e. The zero-order valence-corrected chi connectivity index (χ0v) is 14.4. The van der Waals surface area contributed by atoms with Crippen molar-refractivity contribution in [1.29, 1.82) is 0 Å². The van der Waals surface area contributed by atoms with Crippen molar-refractivity contribution in [2.75, 3.05) is 0 Å². The van der Waals surface area contributed by atoms with Crippen molar-refractivity contribution < 1.29 is 0 Å². The lowest BCUT2D eigenvalue weighted by Crippen LogP contribution is -1.85. The Kier molecular flexibility index (Phi) is 14.1. The van der Waals surface area contributed by atoms with E-state index in [-0.39, 0.29) is 0 Å². The molecule has 0 heterocycles. The molecule has 1 saturated carbocycles. The van der Waals surface area contributed by atoms with Crippen LogP contribution in [0.2, 0.25) is 0 Å². The Morgan fingerprint density at radius 1 is 0.650 bits per heavy atom. The van der Waals surface area contributed by atoms with Crippen molar-refractivity contribution in [1.82, 2.24) is 0 Å². The van der Waals surface area contributed by atoms with Crippen LogP contribution in [0.4, 0.5) is 0 Å². The second-order valence-electron chi connectivity index (χ2n) is 5.91. The topological polar surface area (TPSA) is 0 Å². The van der Waals surface area contributed by atoms with Crippen LogP contribution in [0.3, 0.4) is 0 Å². The van der Waals surface area contributed by atoms with Gasteiger partial charge in [0, 0.05) is 0 Å². The lowest BCUT2D eigenvalue weighted by atomic mass is 10.0. The molecule has 0 N–H and O–H groups in total. The SMILES string of the molecule is C1CCCCC1.CCCCCC.Cc1ccccc1C. The zero-order chi connectivity index (χ0) is 15.1. The smallest absolute Gasteiger partial charge is 0.0395 e. The minimum absolute atomic E-state index is 1.36. The molecule has 1 aliphatic rings. The maximum absolute atomic E-state index is 2.23. The molecule has 0 spiro atoms. The van der Waals surface area contributed by atoms with Crippen molar-refractivity contribution in [3.63, 3.8) is 0 Å². The van der Waals surface area contributed by atoms with Gasteiger partial charge in [-0.05, 0) is 25.0 Å². The van der Waals surface area contributed by atoms with E-state index in [0.717, 1.165) is 0 Å². The molecule has 1 aromatic rings. The molecule has 0 amide bonds. The van der Waals surface area contributed by atoms with Gasteiger partial charge in [0.05, 0.1) is 0 Å². The molecule has 2 rings (SSSR count). The summed E-state index contributed by atoms with van der Waals surface area (Å²) in [5, 5.41) is 0. The molecule has 0 unspecified atom stereocenters. The molecule has 0 aliphatic heterocycles. The summed E-state index contributed by atoms with van der Waals surface area (Å²) in [5.74, 6) is 0. The maximum Gasteiger partial charge on any atom is -0.0395 e. The standard InChI is InChI=1S/C8H10.C6H12.C6H14/c1-7-5-3-4-6-8(7)2;1-2-4-6-5-3-1;1-3-5-6-4-2/h3-6H,1-2H3;1-6H2;3-6H2,1-2H3. The van der Waals surface area contributed by atoms with Crippen LogP contribution in [0.5, 0.6) is 0 Å². The van der Waals surface area contributed by atoms with Gasteiger partial charge >= 0.3 is 0 Å². The van der Waals surface area contributed by atoms with Crippen LogP contribution in [0.1, 0.15) is 89.2 Å². The molecule has 1 aromatic carbocycles. The molecular weight excluding hydrogens is 240 g/mol. The van der Waals surface area contributed by atoms with E-state index in [4.69, 9.17) is 0 Å². The number of aryl methyl sites for hydroxylation is 2. The van der Waals surface area contributed by atoms with E-state index < -0.39 is 0 Å². The predicted octanol–water partition coefficient (Wildman–Crippen LogP) is 7.23. The first kappa shape index (κ1) is 19.2. The van der Waals surface area contributed by atoms with Gasteiger partial charge in [0.1, 0.15) is 0 Å². The molecule has 0 radical (unpaired) electrons. The summed E-state index contributed by atoms with van der Waals surface area (Å²) >= 11 is 0. The van der Waals surface area contributed by atoms with Crippen LogP contribution in [0, 0.1) is 13.8 Å². The fourth-order valence-corrected chi connectivity index (χ4v) is 2.22. The normalized spacial score (nSPS) is 13.6. The van der Waals surface area contributed by atoms with Crippen molar-refractivity contribution in [3.05, 3.63) is 35.4 Å². The summed E-state index contributed by atoms with van der Waals surface area (Å²) in [6.07, 6.45) is 14.5.